The number of ether oxygens (including phenoxy) is 2. The van der Waals surface area contributed by atoms with E-state index in [1.54, 1.807) is 12.1 Å². The predicted molar refractivity (Wildman–Crippen MR) is 125 cm³/mol. The SMILES string of the molecule is COc1ccc(NC(C)=O)cc1S(=O)(=O)N(C)CC(=O)Nc1ccc(N2CCOCC2)cc1. The van der Waals surface area contributed by atoms with Crippen LogP contribution >= 0.6 is 0 Å². The summed E-state index contributed by atoms with van der Waals surface area (Å²) in [5.41, 5.74) is 1.90. The lowest BCUT2D eigenvalue weighted by atomic mass is 10.2. The number of carbonyl (C=O) groups is 2. The van der Waals surface area contributed by atoms with E-state index in [2.05, 4.69) is 15.5 Å². The maximum atomic E-state index is 13.1. The van der Waals surface area contributed by atoms with Gasteiger partial charge in [0, 0.05) is 44.1 Å². The maximum absolute atomic E-state index is 13.1. The Morgan fingerprint density at radius 1 is 1.06 bits per heavy atom. The molecule has 33 heavy (non-hydrogen) atoms. The molecule has 0 aromatic heterocycles. The van der Waals surface area contributed by atoms with E-state index in [-0.39, 0.29) is 16.6 Å². The summed E-state index contributed by atoms with van der Waals surface area (Å²) in [6.07, 6.45) is 0. The lowest BCUT2D eigenvalue weighted by Gasteiger charge is -2.28. The predicted octanol–water partition coefficient (Wildman–Crippen LogP) is 1.75. The van der Waals surface area contributed by atoms with Crippen molar-refractivity contribution in [3.05, 3.63) is 42.5 Å². The Morgan fingerprint density at radius 3 is 2.30 bits per heavy atom. The van der Waals surface area contributed by atoms with Crippen molar-refractivity contribution < 1.29 is 27.5 Å². The van der Waals surface area contributed by atoms with E-state index in [4.69, 9.17) is 9.47 Å². The molecule has 0 radical (unpaired) electrons. The van der Waals surface area contributed by atoms with Gasteiger partial charge in [-0.15, -0.1) is 0 Å². The molecule has 0 atom stereocenters. The van der Waals surface area contributed by atoms with Crippen LogP contribution in [0.15, 0.2) is 47.4 Å². The molecule has 1 heterocycles. The van der Waals surface area contributed by atoms with Gasteiger partial charge in [-0.3, -0.25) is 9.59 Å². The van der Waals surface area contributed by atoms with Crippen LogP contribution in [-0.4, -0.2) is 71.5 Å². The molecule has 11 heteroatoms. The fourth-order valence-electron chi connectivity index (χ4n) is 3.39. The Morgan fingerprint density at radius 2 is 1.70 bits per heavy atom. The fourth-order valence-corrected chi connectivity index (χ4v) is 4.70. The molecule has 1 aliphatic rings. The topological polar surface area (TPSA) is 117 Å². The molecule has 0 saturated carbocycles. The van der Waals surface area contributed by atoms with Crippen molar-refractivity contribution in [2.24, 2.45) is 0 Å². The van der Waals surface area contributed by atoms with Crippen molar-refractivity contribution in [2.45, 2.75) is 11.8 Å². The first-order valence-electron chi connectivity index (χ1n) is 10.4. The van der Waals surface area contributed by atoms with Gasteiger partial charge in [-0.2, -0.15) is 4.31 Å². The van der Waals surface area contributed by atoms with Crippen LogP contribution < -0.4 is 20.3 Å². The van der Waals surface area contributed by atoms with Gasteiger partial charge in [0.05, 0.1) is 26.9 Å². The molecule has 3 rings (SSSR count). The van der Waals surface area contributed by atoms with Crippen LogP contribution in [0.3, 0.4) is 0 Å². The Labute approximate surface area is 193 Å². The smallest absolute Gasteiger partial charge is 0.247 e. The van der Waals surface area contributed by atoms with Gasteiger partial charge in [-0.25, -0.2) is 8.42 Å². The van der Waals surface area contributed by atoms with Gasteiger partial charge < -0.3 is 25.0 Å². The molecule has 178 valence electrons. The second kappa shape index (κ2) is 10.6. The highest BCUT2D eigenvalue weighted by molar-refractivity contribution is 7.89. The van der Waals surface area contributed by atoms with Crippen LogP contribution in [-0.2, 0) is 24.3 Å². The molecule has 2 amide bonds. The van der Waals surface area contributed by atoms with Crippen LogP contribution in [0.25, 0.3) is 0 Å². The summed E-state index contributed by atoms with van der Waals surface area (Å²) in [4.78, 5) is 25.9. The monoisotopic (exact) mass is 476 g/mol. The summed E-state index contributed by atoms with van der Waals surface area (Å²) < 4.78 is 37.6. The number of benzene rings is 2. The fraction of sp³-hybridized carbons (Fsp3) is 0.364. The number of carbonyl (C=O) groups excluding carboxylic acids is 2. The maximum Gasteiger partial charge on any atom is 0.247 e. The Balaban J connectivity index is 1.68. The van der Waals surface area contributed by atoms with Gasteiger partial charge in [0.25, 0.3) is 0 Å². The van der Waals surface area contributed by atoms with Crippen molar-refractivity contribution in [2.75, 3.05) is 62.5 Å². The number of hydrogen-bond donors (Lipinski definition) is 2. The highest BCUT2D eigenvalue weighted by Gasteiger charge is 2.27. The second-order valence-corrected chi connectivity index (χ2v) is 9.52. The molecule has 1 aliphatic heterocycles. The number of likely N-dealkylation sites (N-methyl/N-ethyl adjacent to an activating group) is 1. The standard InChI is InChI=1S/C22H28N4O6S/c1-16(27)23-18-6-9-20(31-3)21(14-18)33(29,30)25(2)15-22(28)24-17-4-7-19(8-5-17)26-10-12-32-13-11-26/h4-9,14H,10-13,15H2,1-3H3,(H,23,27)(H,24,28). The van der Waals surface area contributed by atoms with Crippen molar-refractivity contribution in [1.29, 1.82) is 0 Å². The summed E-state index contributed by atoms with van der Waals surface area (Å²) in [6.45, 7) is 3.89. The van der Waals surface area contributed by atoms with Gasteiger partial charge in [0.15, 0.2) is 0 Å². The van der Waals surface area contributed by atoms with E-state index in [0.717, 1.165) is 23.1 Å². The quantitative estimate of drug-likeness (QED) is 0.596. The third-order valence-corrected chi connectivity index (χ3v) is 6.89. The first-order valence-corrected chi connectivity index (χ1v) is 11.8. The molecule has 10 nitrogen and oxygen atoms in total. The molecule has 1 saturated heterocycles. The molecule has 0 aliphatic carbocycles. The number of hydrogen-bond acceptors (Lipinski definition) is 7. The third kappa shape index (κ3) is 6.21. The molecule has 0 unspecified atom stereocenters. The molecule has 2 aromatic rings. The summed E-state index contributed by atoms with van der Waals surface area (Å²) in [7, 11) is -1.42. The Kier molecular flexibility index (Phi) is 7.90. The third-order valence-electron chi connectivity index (χ3n) is 5.07. The normalized spacial score (nSPS) is 14.1. The van der Waals surface area contributed by atoms with Crippen LogP contribution in [0.5, 0.6) is 5.75 Å². The Hall–Kier alpha value is -3.15. The number of sulfonamides is 1. The second-order valence-electron chi connectivity index (χ2n) is 7.50. The molecular weight excluding hydrogens is 448 g/mol. The Bertz CT molecular complexity index is 1100. The van der Waals surface area contributed by atoms with Gasteiger partial charge in [0.2, 0.25) is 21.8 Å². The highest BCUT2D eigenvalue weighted by atomic mass is 32.2. The van der Waals surface area contributed by atoms with Crippen LogP contribution in [0.2, 0.25) is 0 Å². The molecule has 0 bridgehead atoms. The van der Waals surface area contributed by atoms with E-state index < -0.39 is 22.5 Å². The molecule has 1 fully saturated rings. The summed E-state index contributed by atoms with van der Waals surface area (Å²) in [5, 5.41) is 5.26. The number of methoxy groups -OCH3 is 1. The van der Waals surface area contributed by atoms with E-state index in [1.807, 2.05) is 12.1 Å². The lowest BCUT2D eigenvalue weighted by molar-refractivity contribution is -0.116. The van der Waals surface area contributed by atoms with Crippen molar-refractivity contribution in [1.82, 2.24) is 4.31 Å². The zero-order valence-corrected chi connectivity index (χ0v) is 19.6. The van der Waals surface area contributed by atoms with Crippen molar-refractivity contribution in [3.63, 3.8) is 0 Å². The first-order chi connectivity index (χ1) is 15.7. The number of nitrogens with zero attached hydrogens (tertiary/aromatic N) is 2. The summed E-state index contributed by atoms with van der Waals surface area (Å²) in [6, 6.07) is 11.6. The van der Waals surface area contributed by atoms with Crippen molar-refractivity contribution >= 4 is 38.9 Å². The average molecular weight is 477 g/mol. The van der Waals surface area contributed by atoms with Crippen LogP contribution in [0.4, 0.5) is 17.1 Å². The number of amides is 2. The minimum absolute atomic E-state index is 0.107. The molecular formula is C22H28N4O6S. The van der Waals surface area contributed by atoms with Crippen molar-refractivity contribution in [3.8, 4) is 5.75 Å². The number of nitrogens with one attached hydrogen (secondary N) is 2. The van der Waals surface area contributed by atoms with Crippen LogP contribution in [0, 0.1) is 0 Å². The molecule has 2 N–H and O–H groups in total. The van der Waals surface area contributed by atoms with Gasteiger partial charge in [0.1, 0.15) is 10.6 Å². The summed E-state index contributed by atoms with van der Waals surface area (Å²) in [5.74, 6) is -0.719. The largest absolute Gasteiger partial charge is 0.495 e. The first kappa shape index (κ1) is 24.5. The molecule has 2 aromatic carbocycles. The van der Waals surface area contributed by atoms with Gasteiger partial charge >= 0.3 is 0 Å². The van der Waals surface area contributed by atoms with Gasteiger partial charge in [-0.05, 0) is 42.5 Å². The van der Waals surface area contributed by atoms with Gasteiger partial charge in [-0.1, -0.05) is 0 Å². The highest BCUT2D eigenvalue weighted by Crippen LogP contribution is 2.29. The van der Waals surface area contributed by atoms with Crippen LogP contribution in [0.1, 0.15) is 6.92 Å². The number of morpholine rings is 1. The minimum Gasteiger partial charge on any atom is -0.495 e. The zero-order valence-electron chi connectivity index (χ0n) is 18.8. The van der Waals surface area contributed by atoms with E-state index in [9.17, 15) is 18.0 Å². The number of rotatable bonds is 8. The summed E-state index contributed by atoms with van der Waals surface area (Å²) >= 11 is 0. The number of anilines is 3. The van der Waals surface area contributed by atoms with E-state index in [0.29, 0.717) is 24.6 Å². The minimum atomic E-state index is -4.07. The lowest BCUT2D eigenvalue weighted by Crippen LogP contribution is -2.36. The van der Waals surface area contributed by atoms with E-state index in [1.165, 1.54) is 39.3 Å². The molecule has 0 spiro atoms. The van der Waals surface area contributed by atoms with E-state index >= 15 is 0 Å². The zero-order chi connectivity index (χ0) is 24.0. The average Bonchev–Trinajstić information content (AvgIpc) is 2.79.